The summed E-state index contributed by atoms with van der Waals surface area (Å²) in [4.78, 5) is 46.5. The Morgan fingerprint density at radius 1 is 1.16 bits per heavy atom. The molecule has 25 heavy (non-hydrogen) atoms. The van der Waals surface area contributed by atoms with Crippen molar-refractivity contribution in [1.29, 1.82) is 0 Å². The summed E-state index contributed by atoms with van der Waals surface area (Å²) in [7, 11) is 0. The molecule has 0 radical (unpaired) electrons. The minimum atomic E-state index is -1.11. The zero-order valence-electron chi connectivity index (χ0n) is 14.1. The molecule has 2 aliphatic rings. The van der Waals surface area contributed by atoms with E-state index in [-0.39, 0.29) is 37.4 Å². The Morgan fingerprint density at radius 2 is 1.68 bits per heavy atom. The minimum absolute atomic E-state index is 0.124. The Hall–Kier alpha value is -2.33. The number of carboxylic acid groups (broad SMARTS) is 1. The maximum Gasteiger partial charge on any atom is 0.373 e. The van der Waals surface area contributed by atoms with Crippen molar-refractivity contribution in [1.82, 2.24) is 0 Å². The second-order valence-electron chi connectivity index (χ2n) is 4.15. The maximum absolute atomic E-state index is 10.8. The van der Waals surface area contributed by atoms with Gasteiger partial charge in [-0.15, -0.1) is 0 Å². The number of carbonyl (C=O) groups excluding carboxylic acids is 4. The molecule has 0 saturated carbocycles. The van der Waals surface area contributed by atoms with E-state index in [2.05, 4.69) is 9.47 Å². The standard InChI is InChI=1S/C7H12O3.C4H4O5.C2H6O.CO2/c1-3-5-6(10-5)7(8)9-4-2;5-1-8-4-2(9-4)3(6)7;1-2-3;2-1-3/h5-6H,3-4H2,1-2H3;1-2,4H,(H,6,7);3H,2H2,1H3;/t5-,6+;2-,4+;;/m11../s1. The van der Waals surface area contributed by atoms with Gasteiger partial charge in [-0.05, 0) is 20.3 Å². The van der Waals surface area contributed by atoms with Crippen molar-refractivity contribution in [3.05, 3.63) is 0 Å². The van der Waals surface area contributed by atoms with Crippen LogP contribution in [0.5, 0.6) is 0 Å². The number of rotatable bonds is 6. The van der Waals surface area contributed by atoms with Crippen molar-refractivity contribution >= 4 is 24.6 Å². The number of carbonyl (C=O) groups is 3. The van der Waals surface area contributed by atoms with Gasteiger partial charge in [-0.2, -0.15) is 9.59 Å². The SMILES string of the molecule is CCO.CCOC(=O)[C@H]1O[C@@H]1CC.O=C=O.O=CO[C@H]1O[C@@H]1C(=O)O. The van der Waals surface area contributed by atoms with Gasteiger partial charge in [0.1, 0.15) is 0 Å². The summed E-state index contributed by atoms with van der Waals surface area (Å²) in [5.41, 5.74) is 0. The largest absolute Gasteiger partial charge is 0.479 e. The Kier molecular flexibility index (Phi) is 15.2. The van der Waals surface area contributed by atoms with Gasteiger partial charge in [-0.25, -0.2) is 9.59 Å². The van der Waals surface area contributed by atoms with Crippen LogP contribution >= 0.6 is 0 Å². The van der Waals surface area contributed by atoms with Gasteiger partial charge in [0.15, 0.2) is 6.10 Å². The van der Waals surface area contributed by atoms with Gasteiger partial charge in [0.05, 0.1) is 12.7 Å². The Balaban J connectivity index is 0. The quantitative estimate of drug-likeness (QED) is 0.339. The van der Waals surface area contributed by atoms with Crippen LogP contribution in [0.1, 0.15) is 27.2 Å². The number of carboxylic acids is 1. The number of hydrogen-bond donors (Lipinski definition) is 2. The summed E-state index contributed by atoms with van der Waals surface area (Å²) in [5, 5.41) is 15.7. The first-order chi connectivity index (χ1) is 11.9. The first-order valence-corrected chi connectivity index (χ1v) is 7.27. The Bertz CT molecular complexity index is 430. The summed E-state index contributed by atoms with van der Waals surface area (Å²) in [6.45, 7) is 6.31. The first-order valence-electron chi connectivity index (χ1n) is 7.27. The van der Waals surface area contributed by atoms with E-state index < -0.39 is 18.4 Å². The van der Waals surface area contributed by atoms with Crippen LogP contribution in [0, 0.1) is 0 Å². The molecule has 2 saturated heterocycles. The third kappa shape index (κ3) is 12.7. The maximum atomic E-state index is 10.8. The van der Waals surface area contributed by atoms with E-state index in [1.807, 2.05) is 6.92 Å². The molecule has 4 atom stereocenters. The number of aliphatic hydroxyl groups excluding tert-OH is 1. The van der Waals surface area contributed by atoms with Crippen LogP contribution < -0.4 is 0 Å². The lowest BCUT2D eigenvalue weighted by atomic mass is 10.2. The highest BCUT2D eigenvalue weighted by Gasteiger charge is 2.47. The van der Waals surface area contributed by atoms with Crippen molar-refractivity contribution in [2.45, 2.75) is 51.8 Å². The van der Waals surface area contributed by atoms with Gasteiger partial charge < -0.3 is 29.2 Å². The van der Waals surface area contributed by atoms with E-state index in [1.54, 1.807) is 13.8 Å². The Morgan fingerprint density at radius 3 is 1.96 bits per heavy atom. The zero-order valence-corrected chi connectivity index (χ0v) is 14.1. The number of esters is 1. The lowest BCUT2D eigenvalue weighted by Gasteiger charge is -1.94. The molecule has 0 amide bonds. The molecule has 0 unspecified atom stereocenters. The van der Waals surface area contributed by atoms with Gasteiger partial charge >= 0.3 is 18.1 Å². The smallest absolute Gasteiger partial charge is 0.373 e. The van der Waals surface area contributed by atoms with Crippen molar-refractivity contribution < 1.29 is 53.1 Å². The van der Waals surface area contributed by atoms with Crippen LogP contribution in [-0.4, -0.2) is 72.6 Å². The van der Waals surface area contributed by atoms with Crippen molar-refractivity contribution in [3.63, 3.8) is 0 Å². The summed E-state index contributed by atoms with van der Waals surface area (Å²) in [6, 6.07) is 0. The average Bonchev–Trinajstić information content (AvgIpc) is 3.44. The van der Waals surface area contributed by atoms with Gasteiger partial charge in [-0.1, -0.05) is 6.92 Å². The van der Waals surface area contributed by atoms with E-state index in [1.165, 1.54) is 0 Å². The molecular formula is C14H22O11. The summed E-state index contributed by atoms with van der Waals surface area (Å²) in [6.07, 6.45) is -0.803. The molecule has 0 aromatic carbocycles. The molecule has 0 aliphatic carbocycles. The molecule has 0 aromatic rings. The first kappa shape index (κ1) is 24.9. The molecule has 2 N–H and O–H groups in total. The fourth-order valence-electron chi connectivity index (χ4n) is 1.32. The lowest BCUT2D eigenvalue weighted by molar-refractivity contribution is -0.191. The van der Waals surface area contributed by atoms with Crippen molar-refractivity contribution in [2.24, 2.45) is 0 Å². The third-order valence-electron chi connectivity index (χ3n) is 2.39. The predicted molar refractivity (Wildman–Crippen MR) is 76.8 cm³/mol. The van der Waals surface area contributed by atoms with Gasteiger partial charge in [0.2, 0.25) is 12.4 Å². The molecule has 2 fully saturated rings. The molecule has 2 aliphatic heterocycles. The van der Waals surface area contributed by atoms with Crippen molar-refractivity contribution in [2.75, 3.05) is 13.2 Å². The number of epoxide rings is 2. The van der Waals surface area contributed by atoms with Crippen LogP contribution in [-0.2, 0) is 42.9 Å². The normalized spacial score (nSPS) is 24.2. The lowest BCUT2D eigenvalue weighted by Crippen LogP contribution is -2.13. The number of aliphatic hydroxyl groups is 1. The van der Waals surface area contributed by atoms with E-state index in [0.29, 0.717) is 6.61 Å². The van der Waals surface area contributed by atoms with Gasteiger partial charge in [-0.3, -0.25) is 4.79 Å². The van der Waals surface area contributed by atoms with Gasteiger partial charge in [0.25, 0.3) is 6.47 Å². The van der Waals surface area contributed by atoms with E-state index in [0.717, 1.165) is 6.42 Å². The highest BCUT2D eigenvalue weighted by Crippen LogP contribution is 2.25. The zero-order chi connectivity index (χ0) is 19.8. The van der Waals surface area contributed by atoms with E-state index in [4.69, 9.17) is 29.3 Å². The predicted octanol–water partition coefficient (Wildman–Crippen LogP) is -0.889. The van der Waals surface area contributed by atoms with Crippen LogP contribution in [0.15, 0.2) is 0 Å². The highest BCUT2D eigenvalue weighted by atomic mass is 16.8. The number of hydrogen-bond acceptors (Lipinski definition) is 10. The fourth-order valence-corrected chi connectivity index (χ4v) is 1.32. The highest BCUT2D eigenvalue weighted by molar-refractivity contribution is 5.77. The molecular weight excluding hydrogens is 344 g/mol. The molecule has 11 heteroatoms. The molecule has 11 nitrogen and oxygen atoms in total. The summed E-state index contributed by atoms with van der Waals surface area (Å²) >= 11 is 0. The topological polar surface area (TPSA) is 169 Å². The van der Waals surface area contributed by atoms with Crippen LogP contribution in [0.4, 0.5) is 0 Å². The van der Waals surface area contributed by atoms with E-state index >= 15 is 0 Å². The van der Waals surface area contributed by atoms with Crippen LogP contribution in [0.2, 0.25) is 0 Å². The second kappa shape index (κ2) is 15.2. The van der Waals surface area contributed by atoms with Gasteiger partial charge in [0, 0.05) is 6.61 Å². The monoisotopic (exact) mass is 366 g/mol. The Labute approximate surface area is 143 Å². The number of ether oxygens (including phenoxy) is 4. The summed E-state index contributed by atoms with van der Waals surface area (Å²) < 4.78 is 18.2. The molecule has 0 aromatic heterocycles. The molecule has 2 rings (SSSR count). The average molecular weight is 366 g/mol. The molecule has 2 heterocycles. The number of aliphatic carboxylic acids is 1. The second-order valence-corrected chi connectivity index (χ2v) is 4.15. The third-order valence-corrected chi connectivity index (χ3v) is 2.39. The minimum Gasteiger partial charge on any atom is -0.479 e. The van der Waals surface area contributed by atoms with E-state index in [9.17, 15) is 14.4 Å². The van der Waals surface area contributed by atoms with Crippen LogP contribution in [0.25, 0.3) is 0 Å². The summed E-state index contributed by atoms with van der Waals surface area (Å²) in [5.74, 6) is -1.32. The molecule has 0 bridgehead atoms. The molecule has 0 spiro atoms. The van der Waals surface area contributed by atoms with Crippen LogP contribution in [0.3, 0.4) is 0 Å². The fraction of sp³-hybridized carbons (Fsp3) is 0.714. The van der Waals surface area contributed by atoms with Crippen molar-refractivity contribution in [3.8, 4) is 0 Å². The molecule has 144 valence electrons.